The summed E-state index contributed by atoms with van der Waals surface area (Å²) >= 11 is 6.21. The SMILES string of the molecule is CC[C@H](C)[C@H](C(=O)OCC(=O)Nc1c(C)cc(C)cc1Cl)c1ccccc1. The molecule has 1 amide bonds. The number of esters is 1. The maximum absolute atomic E-state index is 12.7. The van der Waals surface area contributed by atoms with Gasteiger partial charge in [-0.25, -0.2) is 0 Å². The lowest BCUT2D eigenvalue weighted by molar-refractivity contribution is -0.150. The lowest BCUT2D eigenvalue weighted by atomic mass is 9.86. The molecular weight excluding hydrogens is 362 g/mol. The molecule has 0 saturated heterocycles. The molecule has 0 aliphatic carbocycles. The molecule has 0 spiro atoms. The van der Waals surface area contributed by atoms with Gasteiger partial charge in [0.1, 0.15) is 0 Å². The van der Waals surface area contributed by atoms with Gasteiger partial charge in [0.15, 0.2) is 6.61 Å². The minimum absolute atomic E-state index is 0.108. The number of anilines is 1. The van der Waals surface area contributed by atoms with Crippen molar-refractivity contribution < 1.29 is 14.3 Å². The molecule has 0 unspecified atom stereocenters. The number of nitrogens with one attached hydrogen (secondary N) is 1. The molecule has 2 aromatic carbocycles. The highest BCUT2D eigenvalue weighted by atomic mass is 35.5. The average molecular weight is 388 g/mol. The van der Waals surface area contributed by atoms with Gasteiger partial charge in [-0.1, -0.05) is 68.3 Å². The van der Waals surface area contributed by atoms with Crippen LogP contribution in [0, 0.1) is 19.8 Å². The van der Waals surface area contributed by atoms with Crippen LogP contribution >= 0.6 is 11.6 Å². The maximum Gasteiger partial charge on any atom is 0.314 e. The molecule has 2 aromatic rings. The normalized spacial score (nSPS) is 12.9. The predicted octanol–water partition coefficient (Wildman–Crippen LogP) is 5.27. The molecule has 2 rings (SSSR count). The maximum atomic E-state index is 12.7. The van der Waals surface area contributed by atoms with Gasteiger partial charge in [0, 0.05) is 0 Å². The monoisotopic (exact) mass is 387 g/mol. The second kappa shape index (κ2) is 9.56. The number of halogens is 1. The van der Waals surface area contributed by atoms with Gasteiger partial charge in [-0.2, -0.15) is 0 Å². The number of amides is 1. The molecule has 0 radical (unpaired) electrons. The van der Waals surface area contributed by atoms with Crippen molar-refractivity contribution in [3.8, 4) is 0 Å². The molecule has 0 aromatic heterocycles. The van der Waals surface area contributed by atoms with Crippen LogP contribution in [-0.2, 0) is 14.3 Å². The molecule has 5 heteroatoms. The zero-order chi connectivity index (χ0) is 20.0. The van der Waals surface area contributed by atoms with E-state index in [-0.39, 0.29) is 12.5 Å². The van der Waals surface area contributed by atoms with Crippen molar-refractivity contribution in [1.29, 1.82) is 0 Å². The van der Waals surface area contributed by atoms with Gasteiger partial charge in [-0.3, -0.25) is 9.59 Å². The number of hydrogen-bond donors (Lipinski definition) is 1. The second-order valence-electron chi connectivity index (χ2n) is 6.87. The summed E-state index contributed by atoms with van der Waals surface area (Å²) in [6.07, 6.45) is 0.832. The van der Waals surface area contributed by atoms with E-state index in [1.165, 1.54) is 0 Å². The number of ether oxygens (including phenoxy) is 1. The van der Waals surface area contributed by atoms with E-state index in [0.717, 1.165) is 23.1 Å². The number of benzene rings is 2. The van der Waals surface area contributed by atoms with E-state index in [2.05, 4.69) is 5.32 Å². The molecule has 4 nitrogen and oxygen atoms in total. The van der Waals surface area contributed by atoms with Crippen LogP contribution in [0.5, 0.6) is 0 Å². The highest BCUT2D eigenvalue weighted by Gasteiger charge is 2.27. The van der Waals surface area contributed by atoms with Crippen molar-refractivity contribution >= 4 is 29.2 Å². The summed E-state index contributed by atoms with van der Waals surface area (Å²) in [5.41, 5.74) is 3.32. The molecule has 144 valence electrons. The Morgan fingerprint density at radius 3 is 2.41 bits per heavy atom. The summed E-state index contributed by atoms with van der Waals surface area (Å²) < 4.78 is 5.32. The third-order valence-electron chi connectivity index (χ3n) is 4.67. The van der Waals surface area contributed by atoms with Gasteiger partial charge in [0.25, 0.3) is 5.91 Å². The highest BCUT2D eigenvalue weighted by molar-refractivity contribution is 6.34. The van der Waals surface area contributed by atoms with E-state index < -0.39 is 17.8 Å². The van der Waals surface area contributed by atoms with Gasteiger partial charge in [0.2, 0.25) is 0 Å². The van der Waals surface area contributed by atoms with E-state index in [9.17, 15) is 9.59 Å². The van der Waals surface area contributed by atoms with Crippen LogP contribution < -0.4 is 5.32 Å². The first-order valence-corrected chi connectivity index (χ1v) is 9.49. The van der Waals surface area contributed by atoms with Crippen LogP contribution in [-0.4, -0.2) is 18.5 Å². The molecule has 2 atom stereocenters. The summed E-state index contributed by atoms with van der Waals surface area (Å²) in [6.45, 7) is 7.50. The lowest BCUT2D eigenvalue weighted by Gasteiger charge is -2.22. The summed E-state index contributed by atoms with van der Waals surface area (Å²) in [5.74, 6) is -1.09. The van der Waals surface area contributed by atoms with E-state index in [0.29, 0.717) is 10.7 Å². The Labute approximate surface area is 165 Å². The third kappa shape index (κ3) is 5.57. The average Bonchev–Trinajstić information content (AvgIpc) is 2.63. The quantitative estimate of drug-likeness (QED) is 0.658. The molecule has 0 aliphatic rings. The Balaban J connectivity index is 2.04. The fraction of sp³-hybridized carbons (Fsp3) is 0.364. The second-order valence-corrected chi connectivity index (χ2v) is 7.28. The third-order valence-corrected chi connectivity index (χ3v) is 4.97. The summed E-state index contributed by atoms with van der Waals surface area (Å²) in [6, 6.07) is 13.2. The molecule has 0 aliphatic heterocycles. The summed E-state index contributed by atoms with van der Waals surface area (Å²) in [5, 5.41) is 3.20. The zero-order valence-electron chi connectivity index (χ0n) is 16.2. The van der Waals surface area contributed by atoms with E-state index in [1.54, 1.807) is 6.07 Å². The zero-order valence-corrected chi connectivity index (χ0v) is 17.0. The Bertz CT molecular complexity index is 781. The minimum atomic E-state index is -0.409. The Morgan fingerprint density at radius 2 is 1.81 bits per heavy atom. The van der Waals surface area contributed by atoms with Crippen molar-refractivity contribution in [2.45, 2.75) is 40.0 Å². The minimum Gasteiger partial charge on any atom is -0.455 e. The van der Waals surface area contributed by atoms with Crippen molar-refractivity contribution in [3.63, 3.8) is 0 Å². The Morgan fingerprint density at radius 1 is 1.15 bits per heavy atom. The summed E-state index contributed by atoms with van der Waals surface area (Å²) in [4.78, 5) is 24.9. The number of aryl methyl sites for hydroxylation is 2. The molecule has 0 bridgehead atoms. The van der Waals surface area contributed by atoms with Crippen LogP contribution in [0.25, 0.3) is 0 Å². The smallest absolute Gasteiger partial charge is 0.314 e. The van der Waals surface area contributed by atoms with Crippen molar-refractivity contribution in [2.75, 3.05) is 11.9 Å². The predicted molar refractivity (Wildman–Crippen MR) is 109 cm³/mol. The van der Waals surface area contributed by atoms with Gasteiger partial charge in [-0.15, -0.1) is 0 Å². The van der Waals surface area contributed by atoms with Crippen molar-refractivity contribution in [2.24, 2.45) is 5.92 Å². The van der Waals surface area contributed by atoms with Crippen LogP contribution in [0.4, 0.5) is 5.69 Å². The molecule has 0 fully saturated rings. The number of carbonyl (C=O) groups is 2. The first-order valence-electron chi connectivity index (χ1n) is 9.11. The number of rotatable bonds is 7. The lowest BCUT2D eigenvalue weighted by Crippen LogP contribution is -2.27. The standard InChI is InChI=1S/C22H26ClNO3/c1-5-15(3)20(17-9-7-6-8-10-17)22(26)27-13-19(25)24-21-16(4)11-14(2)12-18(21)23/h6-12,15,20H,5,13H2,1-4H3,(H,24,25)/t15-,20-/m0/s1. The fourth-order valence-electron chi connectivity index (χ4n) is 3.07. The van der Waals surface area contributed by atoms with E-state index >= 15 is 0 Å². The number of hydrogen-bond acceptors (Lipinski definition) is 3. The van der Waals surface area contributed by atoms with Gasteiger partial charge in [-0.05, 0) is 42.5 Å². The van der Waals surface area contributed by atoms with Crippen LogP contribution in [0.15, 0.2) is 42.5 Å². The van der Waals surface area contributed by atoms with Crippen LogP contribution in [0.1, 0.15) is 42.9 Å². The first kappa shape index (κ1) is 21.0. The number of carbonyl (C=O) groups excluding carboxylic acids is 2. The molecule has 27 heavy (non-hydrogen) atoms. The largest absolute Gasteiger partial charge is 0.455 e. The fourth-order valence-corrected chi connectivity index (χ4v) is 3.44. The van der Waals surface area contributed by atoms with Crippen molar-refractivity contribution in [3.05, 3.63) is 64.2 Å². The molecule has 0 saturated carbocycles. The Kier molecular flexibility index (Phi) is 7.43. The Hall–Kier alpha value is -2.33. The molecule has 1 N–H and O–H groups in total. The van der Waals surface area contributed by atoms with Gasteiger partial charge < -0.3 is 10.1 Å². The first-order chi connectivity index (χ1) is 12.8. The van der Waals surface area contributed by atoms with Crippen LogP contribution in [0.2, 0.25) is 5.02 Å². The van der Waals surface area contributed by atoms with Crippen molar-refractivity contribution in [1.82, 2.24) is 0 Å². The van der Waals surface area contributed by atoms with Crippen LogP contribution in [0.3, 0.4) is 0 Å². The summed E-state index contributed by atoms with van der Waals surface area (Å²) in [7, 11) is 0. The molecular formula is C22H26ClNO3. The van der Waals surface area contributed by atoms with E-state index in [1.807, 2.05) is 64.1 Å². The topological polar surface area (TPSA) is 55.4 Å². The van der Waals surface area contributed by atoms with E-state index in [4.69, 9.17) is 16.3 Å². The van der Waals surface area contributed by atoms with Gasteiger partial charge >= 0.3 is 5.97 Å². The van der Waals surface area contributed by atoms with Gasteiger partial charge in [0.05, 0.1) is 16.6 Å². The molecule has 0 heterocycles. The highest BCUT2D eigenvalue weighted by Crippen LogP contribution is 2.29.